The van der Waals surface area contributed by atoms with Gasteiger partial charge in [0.05, 0.1) is 29.7 Å². The van der Waals surface area contributed by atoms with Crippen LogP contribution in [0, 0.1) is 12.7 Å². The van der Waals surface area contributed by atoms with Crippen LogP contribution in [0.15, 0.2) is 59.7 Å². The number of benzene rings is 2. The Balaban J connectivity index is 1.58. The van der Waals surface area contributed by atoms with Gasteiger partial charge >= 0.3 is 0 Å². The van der Waals surface area contributed by atoms with Crippen LogP contribution in [0.3, 0.4) is 0 Å². The van der Waals surface area contributed by atoms with E-state index >= 15 is 0 Å². The van der Waals surface area contributed by atoms with E-state index in [4.69, 9.17) is 11.6 Å². The SMILES string of the molecule is Cc1nn(-c2ccccc2)c(Cl)c1/C=N\NC(=O)CNC(=O)c1cccc(F)c1. The number of carbonyl (C=O) groups excluding carboxylic acids is 2. The highest BCUT2D eigenvalue weighted by Crippen LogP contribution is 2.21. The van der Waals surface area contributed by atoms with E-state index in [1.54, 1.807) is 11.6 Å². The van der Waals surface area contributed by atoms with Gasteiger partial charge < -0.3 is 5.32 Å². The molecule has 0 aliphatic carbocycles. The van der Waals surface area contributed by atoms with Crippen LogP contribution in [0.4, 0.5) is 4.39 Å². The number of amides is 2. The van der Waals surface area contributed by atoms with Crippen molar-refractivity contribution in [1.29, 1.82) is 0 Å². The lowest BCUT2D eigenvalue weighted by molar-refractivity contribution is -0.120. The van der Waals surface area contributed by atoms with Crippen LogP contribution in [0.1, 0.15) is 21.6 Å². The molecule has 0 unspecified atom stereocenters. The molecule has 148 valence electrons. The average Bonchev–Trinajstić information content (AvgIpc) is 3.01. The van der Waals surface area contributed by atoms with Gasteiger partial charge in [-0.2, -0.15) is 10.2 Å². The molecule has 0 aliphatic rings. The minimum atomic E-state index is -0.563. The van der Waals surface area contributed by atoms with Gasteiger partial charge in [-0.05, 0) is 37.3 Å². The van der Waals surface area contributed by atoms with E-state index in [0.29, 0.717) is 16.4 Å². The third kappa shape index (κ3) is 5.05. The van der Waals surface area contributed by atoms with E-state index in [1.165, 1.54) is 24.4 Å². The second kappa shape index (κ2) is 9.11. The van der Waals surface area contributed by atoms with Crippen LogP contribution >= 0.6 is 11.6 Å². The Bertz CT molecular complexity index is 1070. The van der Waals surface area contributed by atoms with E-state index in [2.05, 4.69) is 20.9 Å². The van der Waals surface area contributed by atoms with Crippen LogP contribution < -0.4 is 10.7 Å². The number of hydrazone groups is 1. The Kier molecular flexibility index (Phi) is 6.36. The second-order valence-electron chi connectivity index (χ2n) is 6.02. The summed E-state index contributed by atoms with van der Waals surface area (Å²) in [7, 11) is 0. The molecule has 0 aliphatic heterocycles. The Morgan fingerprint density at radius 3 is 2.69 bits per heavy atom. The molecule has 9 heteroatoms. The maximum atomic E-state index is 13.1. The van der Waals surface area contributed by atoms with Crippen molar-refractivity contribution >= 4 is 29.6 Å². The van der Waals surface area contributed by atoms with Gasteiger partial charge in [0, 0.05) is 5.56 Å². The Labute approximate surface area is 171 Å². The molecule has 0 spiro atoms. The quantitative estimate of drug-likeness (QED) is 0.481. The molecule has 0 atom stereocenters. The molecular formula is C20H17ClFN5O2. The molecule has 3 rings (SSSR count). The summed E-state index contributed by atoms with van der Waals surface area (Å²) < 4.78 is 14.7. The normalized spacial score (nSPS) is 10.9. The molecule has 0 saturated carbocycles. The zero-order valence-corrected chi connectivity index (χ0v) is 16.2. The molecular weight excluding hydrogens is 397 g/mol. The van der Waals surface area contributed by atoms with E-state index in [0.717, 1.165) is 11.8 Å². The van der Waals surface area contributed by atoms with E-state index < -0.39 is 17.6 Å². The molecule has 1 aromatic heterocycles. The molecule has 0 saturated heterocycles. The summed E-state index contributed by atoms with van der Waals surface area (Å²) in [5.74, 6) is -1.64. The van der Waals surface area contributed by atoms with Crippen LogP contribution in [-0.2, 0) is 4.79 Å². The number of nitrogens with one attached hydrogen (secondary N) is 2. The highest BCUT2D eigenvalue weighted by Gasteiger charge is 2.13. The largest absolute Gasteiger partial charge is 0.343 e. The number of nitrogens with zero attached hydrogens (tertiary/aromatic N) is 3. The van der Waals surface area contributed by atoms with Gasteiger partial charge in [-0.15, -0.1) is 0 Å². The summed E-state index contributed by atoms with van der Waals surface area (Å²) in [6, 6.07) is 14.5. The first-order valence-electron chi connectivity index (χ1n) is 8.62. The third-order valence-corrected chi connectivity index (χ3v) is 4.29. The number of para-hydroxylation sites is 1. The molecule has 0 radical (unpaired) electrons. The molecule has 29 heavy (non-hydrogen) atoms. The second-order valence-corrected chi connectivity index (χ2v) is 6.38. The Hall–Kier alpha value is -3.52. The predicted molar refractivity (Wildman–Crippen MR) is 108 cm³/mol. The number of carbonyl (C=O) groups is 2. The lowest BCUT2D eigenvalue weighted by Crippen LogP contribution is -2.34. The van der Waals surface area contributed by atoms with E-state index in [9.17, 15) is 14.0 Å². The lowest BCUT2D eigenvalue weighted by Gasteiger charge is -2.04. The zero-order chi connectivity index (χ0) is 20.8. The Morgan fingerprint density at radius 2 is 1.97 bits per heavy atom. The molecule has 2 N–H and O–H groups in total. The van der Waals surface area contributed by atoms with Crippen molar-refractivity contribution in [3.05, 3.63) is 82.4 Å². The summed E-state index contributed by atoms with van der Waals surface area (Å²) >= 11 is 6.37. The number of halogens is 2. The fraction of sp³-hybridized carbons (Fsp3) is 0.100. The highest BCUT2D eigenvalue weighted by molar-refractivity contribution is 6.32. The monoisotopic (exact) mass is 413 g/mol. The Morgan fingerprint density at radius 1 is 1.21 bits per heavy atom. The number of hydrogen-bond acceptors (Lipinski definition) is 4. The van der Waals surface area contributed by atoms with Crippen molar-refractivity contribution in [2.24, 2.45) is 5.10 Å². The topological polar surface area (TPSA) is 88.4 Å². The molecule has 1 heterocycles. The van der Waals surface area contributed by atoms with Gasteiger partial charge in [-0.25, -0.2) is 14.5 Å². The smallest absolute Gasteiger partial charge is 0.259 e. The van der Waals surface area contributed by atoms with Crippen LogP contribution in [0.5, 0.6) is 0 Å². The average molecular weight is 414 g/mol. The van der Waals surface area contributed by atoms with Gasteiger partial charge in [-0.3, -0.25) is 9.59 Å². The first kappa shape index (κ1) is 20.2. The summed E-state index contributed by atoms with van der Waals surface area (Å²) in [6.45, 7) is 1.45. The number of hydrogen-bond donors (Lipinski definition) is 2. The molecule has 0 fully saturated rings. The van der Waals surface area contributed by atoms with Crippen molar-refractivity contribution in [2.45, 2.75) is 6.92 Å². The maximum absolute atomic E-state index is 13.1. The van der Waals surface area contributed by atoms with Gasteiger partial charge in [-0.1, -0.05) is 35.9 Å². The van der Waals surface area contributed by atoms with Crippen molar-refractivity contribution in [3.8, 4) is 5.69 Å². The van der Waals surface area contributed by atoms with Crippen LogP contribution in [-0.4, -0.2) is 34.4 Å². The lowest BCUT2D eigenvalue weighted by atomic mass is 10.2. The summed E-state index contributed by atoms with van der Waals surface area (Å²) in [5.41, 5.74) is 4.41. The molecule has 7 nitrogen and oxygen atoms in total. The zero-order valence-electron chi connectivity index (χ0n) is 15.4. The first-order valence-corrected chi connectivity index (χ1v) is 8.99. The summed E-state index contributed by atoms with van der Waals surface area (Å²) in [4.78, 5) is 23.8. The van der Waals surface area contributed by atoms with Crippen molar-refractivity contribution < 1.29 is 14.0 Å². The van der Waals surface area contributed by atoms with Gasteiger partial charge in [0.1, 0.15) is 11.0 Å². The van der Waals surface area contributed by atoms with Crippen LogP contribution in [0.2, 0.25) is 5.15 Å². The fourth-order valence-electron chi connectivity index (χ4n) is 2.50. The minimum absolute atomic E-state index is 0.122. The van der Waals surface area contributed by atoms with Gasteiger partial charge in [0.15, 0.2) is 0 Å². The van der Waals surface area contributed by atoms with Crippen LogP contribution in [0.25, 0.3) is 5.69 Å². The van der Waals surface area contributed by atoms with Crippen molar-refractivity contribution in [3.63, 3.8) is 0 Å². The van der Waals surface area contributed by atoms with Gasteiger partial charge in [0.2, 0.25) is 0 Å². The standard InChI is InChI=1S/C20H17ClFN5O2/c1-13-17(19(21)27(26-13)16-8-3-2-4-9-16)11-24-25-18(28)12-23-20(29)14-6-5-7-15(22)10-14/h2-11H,12H2,1H3,(H,23,29)(H,25,28)/b24-11-. The number of rotatable bonds is 6. The molecule has 0 bridgehead atoms. The van der Waals surface area contributed by atoms with E-state index in [-0.39, 0.29) is 12.1 Å². The van der Waals surface area contributed by atoms with Crippen molar-refractivity contribution in [1.82, 2.24) is 20.5 Å². The predicted octanol–water partition coefficient (Wildman–Crippen LogP) is 2.85. The summed E-state index contributed by atoms with van der Waals surface area (Å²) in [5, 5.41) is 11.0. The molecule has 2 amide bonds. The van der Waals surface area contributed by atoms with Crippen molar-refractivity contribution in [2.75, 3.05) is 6.54 Å². The first-order chi connectivity index (χ1) is 14.0. The van der Waals surface area contributed by atoms with Gasteiger partial charge in [0.25, 0.3) is 11.8 Å². The minimum Gasteiger partial charge on any atom is -0.343 e. The number of aryl methyl sites for hydroxylation is 1. The molecule has 2 aromatic carbocycles. The maximum Gasteiger partial charge on any atom is 0.259 e. The fourth-order valence-corrected chi connectivity index (χ4v) is 2.82. The highest BCUT2D eigenvalue weighted by atomic mass is 35.5. The van der Waals surface area contributed by atoms with E-state index in [1.807, 2.05) is 30.3 Å². The number of aromatic nitrogens is 2. The molecule has 3 aromatic rings. The summed E-state index contributed by atoms with van der Waals surface area (Å²) in [6.07, 6.45) is 1.39. The third-order valence-electron chi connectivity index (χ3n) is 3.93.